The van der Waals surface area contributed by atoms with Crippen molar-refractivity contribution in [2.75, 3.05) is 27.2 Å². The van der Waals surface area contributed by atoms with Gasteiger partial charge in [0.15, 0.2) is 0 Å². The Morgan fingerprint density at radius 3 is 1.39 bits per heavy atom. The van der Waals surface area contributed by atoms with Crippen LogP contribution in [0.1, 0.15) is 116 Å². The van der Waals surface area contributed by atoms with Crippen LogP contribution in [-0.4, -0.2) is 44.6 Å². The molecular weight excluding hydrogens is 430 g/mol. The van der Waals surface area contributed by atoms with E-state index in [-0.39, 0.29) is 4.90 Å². The topological polar surface area (TPSA) is 57.2 Å². The minimum Gasteiger partial charge on any atom is -0.744 e. The van der Waals surface area contributed by atoms with Crippen LogP contribution in [0.3, 0.4) is 0 Å². The molecule has 0 heterocycles. The second kappa shape index (κ2) is 19.4. The summed E-state index contributed by atoms with van der Waals surface area (Å²) >= 11 is 0. The van der Waals surface area contributed by atoms with Crippen molar-refractivity contribution in [2.45, 2.75) is 122 Å². The quantitative estimate of drug-likeness (QED) is 0.121. The molecule has 0 aliphatic heterocycles. The molecule has 1 rings (SSSR count). The Kier molecular flexibility index (Phi) is 18.9. The van der Waals surface area contributed by atoms with Crippen molar-refractivity contribution in [3.63, 3.8) is 0 Å². The van der Waals surface area contributed by atoms with Gasteiger partial charge in [0.1, 0.15) is 10.1 Å². The third-order valence-corrected chi connectivity index (χ3v) is 7.11. The zero-order valence-corrected chi connectivity index (χ0v) is 23.2. The second-order valence-electron chi connectivity index (χ2n) is 10.2. The van der Waals surface area contributed by atoms with Gasteiger partial charge in [-0.3, -0.25) is 0 Å². The first kappa shape index (κ1) is 32.1. The van der Waals surface area contributed by atoms with Crippen molar-refractivity contribution in [2.24, 2.45) is 0 Å². The molecule has 4 nitrogen and oxygen atoms in total. The molecule has 33 heavy (non-hydrogen) atoms. The van der Waals surface area contributed by atoms with Gasteiger partial charge in [0.2, 0.25) is 0 Å². The molecule has 0 N–H and O–H groups in total. The van der Waals surface area contributed by atoms with Crippen molar-refractivity contribution in [3.05, 3.63) is 29.8 Å². The van der Waals surface area contributed by atoms with Gasteiger partial charge in [-0.1, -0.05) is 109 Å². The Morgan fingerprint density at radius 2 is 1.03 bits per heavy atom. The number of quaternary nitrogens is 1. The molecule has 194 valence electrons. The van der Waals surface area contributed by atoms with Crippen molar-refractivity contribution in [3.8, 4) is 0 Å². The van der Waals surface area contributed by atoms with E-state index < -0.39 is 10.1 Å². The van der Waals surface area contributed by atoms with Gasteiger partial charge < -0.3 is 9.04 Å². The molecule has 0 aliphatic rings. The summed E-state index contributed by atoms with van der Waals surface area (Å²) in [6, 6.07) is 5.78. The van der Waals surface area contributed by atoms with Gasteiger partial charge in [-0.25, -0.2) is 8.42 Å². The lowest BCUT2D eigenvalue weighted by atomic mass is 10.0. The largest absolute Gasteiger partial charge is 0.744 e. The number of hydrogen-bond acceptors (Lipinski definition) is 3. The summed E-state index contributed by atoms with van der Waals surface area (Å²) in [5.74, 6) is 0. The first-order valence-corrected chi connectivity index (χ1v) is 14.9. The Labute approximate surface area is 206 Å². The van der Waals surface area contributed by atoms with Crippen LogP contribution in [0, 0.1) is 6.92 Å². The van der Waals surface area contributed by atoms with Crippen LogP contribution in [0.5, 0.6) is 0 Å². The Hall–Kier alpha value is -0.910. The number of nitrogens with zero attached hydrogens (tertiary/aromatic N) is 1. The average molecular weight is 484 g/mol. The predicted molar refractivity (Wildman–Crippen MR) is 142 cm³/mol. The fourth-order valence-corrected chi connectivity index (χ4v) is 4.63. The normalized spacial score (nSPS) is 11.8. The molecular formula is C28H53NO3S. The van der Waals surface area contributed by atoms with Crippen molar-refractivity contribution >= 4 is 10.1 Å². The molecule has 1 aromatic carbocycles. The molecule has 0 radical (unpaired) electrons. The zero-order valence-electron chi connectivity index (χ0n) is 22.4. The summed E-state index contributed by atoms with van der Waals surface area (Å²) < 4.78 is 32.4. The van der Waals surface area contributed by atoms with Gasteiger partial charge in [-0.2, -0.15) is 0 Å². The van der Waals surface area contributed by atoms with E-state index in [1.807, 2.05) is 6.92 Å². The highest BCUT2D eigenvalue weighted by Gasteiger charge is 2.11. The standard InChI is InChI=1S/C21H46N.C7H8O3S/c1-5-7-8-9-10-11-12-13-14-15-16-17-18-19-21-22(3,4)20-6-2;1-6-2-4-7(5-3-6)11(8,9)10/h5-21H2,1-4H3;2-5H,1H3,(H,8,9,10)/q+1;/p-1. The van der Waals surface area contributed by atoms with Crippen LogP contribution < -0.4 is 0 Å². The van der Waals surface area contributed by atoms with Crippen LogP contribution in [-0.2, 0) is 10.1 Å². The van der Waals surface area contributed by atoms with E-state index in [0.29, 0.717) is 0 Å². The molecule has 5 heteroatoms. The van der Waals surface area contributed by atoms with Gasteiger partial charge >= 0.3 is 0 Å². The van der Waals surface area contributed by atoms with Gasteiger partial charge in [-0.15, -0.1) is 0 Å². The van der Waals surface area contributed by atoms with Crippen LogP contribution in [0.4, 0.5) is 0 Å². The summed E-state index contributed by atoms with van der Waals surface area (Å²) in [6.07, 6.45) is 21.7. The number of benzene rings is 1. The Bertz CT molecular complexity index is 669. The molecule has 0 spiro atoms. The van der Waals surface area contributed by atoms with E-state index in [2.05, 4.69) is 27.9 Å². The number of aryl methyl sites for hydroxylation is 1. The number of rotatable bonds is 18. The van der Waals surface area contributed by atoms with E-state index >= 15 is 0 Å². The van der Waals surface area contributed by atoms with E-state index in [1.54, 1.807) is 12.1 Å². The molecule has 0 unspecified atom stereocenters. The van der Waals surface area contributed by atoms with E-state index in [4.69, 9.17) is 0 Å². The summed E-state index contributed by atoms with van der Waals surface area (Å²) in [5, 5.41) is 0. The van der Waals surface area contributed by atoms with Crippen molar-refractivity contribution in [1.82, 2.24) is 0 Å². The molecule has 0 amide bonds. The molecule has 0 aliphatic carbocycles. The Balaban J connectivity index is 0.000000771. The summed E-state index contributed by atoms with van der Waals surface area (Å²) in [7, 11) is 0.492. The third kappa shape index (κ3) is 20.2. The first-order valence-electron chi connectivity index (χ1n) is 13.5. The third-order valence-electron chi connectivity index (χ3n) is 6.26. The lowest BCUT2D eigenvalue weighted by molar-refractivity contribution is -0.890. The molecule has 0 bridgehead atoms. The summed E-state index contributed by atoms with van der Waals surface area (Å²) in [6.45, 7) is 9.11. The highest BCUT2D eigenvalue weighted by molar-refractivity contribution is 7.85. The fraction of sp³-hybridized carbons (Fsp3) is 0.786. The lowest BCUT2D eigenvalue weighted by Crippen LogP contribution is -2.40. The molecule has 0 atom stereocenters. The van der Waals surface area contributed by atoms with Gasteiger partial charge in [0.05, 0.1) is 32.1 Å². The van der Waals surface area contributed by atoms with Gasteiger partial charge in [0, 0.05) is 0 Å². The zero-order chi connectivity index (χ0) is 25.0. The minimum atomic E-state index is -4.27. The number of hydrogen-bond donors (Lipinski definition) is 0. The maximum Gasteiger partial charge on any atom is 0.124 e. The van der Waals surface area contributed by atoms with Crippen LogP contribution in [0.25, 0.3) is 0 Å². The lowest BCUT2D eigenvalue weighted by Gasteiger charge is -2.29. The van der Waals surface area contributed by atoms with Crippen LogP contribution >= 0.6 is 0 Å². The summed E-state index contributed by atoms with van der Waals surface area (Å²) in [4.78, 5) is -0.178. The number of unbranched alkanes of at least 4 members (excludes halogenated alkanes) is 13. The maximum atomic E-state index is 10.4. The fourth-order valence-electron chi connectivity index (χ4n) is 4.16. The molecule has 1 aromatic rings. The van der Waals surface area contributed by atoms with Crippen molar-refractivity contribution < 1.29 is 17.5 Å². The maximum absolute atomic E-state index is 10.4. The smallest absolute Gasteiger partial charge is 0.124 e. The predicted octanol–water partition coefficient (Wildman–Crippen LogP) is 7.85. The van der Waals surface area contributed by atoms with E-state index in [9.17, 15) is 13.0 Å². The van der Waals surface area contributed by atoms with Gasteiger partial charge in [-0.05, 0) is 38.3 Å². The van der Waals surface area contributed by atoms with Crippen molar-refractivity contribution in [1.29, 1.82) is 0 Å². The summed E-state index contributed by atoms with van der Waals surface area (Å²) in [5.41, 5.74) is 0.928. The SMILES string of the molecule is CCCCCCCCCCCCCCCC[N+](C)(C)CCC.Cc1ccc(S(=O)(=O)[O-])cc1. The van der Waals surface area contributed by atoms with Crippen LogP contribution in [0.15, 0.2) is 29.2 Å². The van der Waals surface area contributed by atoms with E-state index in [1.165, 1.54) is 126 Å². The molecule has 0 saturated carbocycles. The Morgan fingerprint density at radius 1 is 0.636 bits per heavy atom. The first-order chi connectivity index (χ1) is 15.6. The van der Waals surface area contributed by atoms with Crippen LogP contribution in [0.2, 0.25) is 0 Å². The molecule has 0 fully saturated rings. The monoisotopic (exact) mass is 483 g/mol. The highest BCUT2D eigenvalue weighted by Crippen LogP contribution is 2.13. The minimum absolute atomic E-state index is 0.178. The van der Waals surface area contributed by atoms with Gasteiger partial charge in [0.25, 0.3) is 0 Å². The van der Waals surface area contributed by atoms with E-state index in [0.717, 1.165) is 5.56 Å². The molecule has 0 aromatic heterocycles. The molecule has 0 saturated heterocycles. The highest BCUT2D eigenvalue weighted by atomic mass is 32.2. The average Bonchev–Trinajstić information content (AvgIpc) is 2.74. The second-order valence-corrected chi connectivity index (χ2v) is 11.6.